The molecule has 21 heavy (non-hydrogen) atoms. The molecule has 1 rings (SSSR count). The zero-order valence-electron chi connectivity index (χ0n) is 12.1. The summed E-state index contributed by atoms with van der Waals surface area (Å²) >= 11 is 3.31. The van der Waals surface area contributed by atoms with Gasteiger partial charge in [0.15, 0.2) is 0 Å². The number of carbonyl (C=O) groups is 2. The molecule has 0 aliphatic heterocycles. The van der Waals surface area contributed by atoms with Crippen LogP contribution in [0.5, 0.6) is 0 Å². The first-order valence-corrected chi connectivity index (χ1v) is 7.28. The second-order valence-corrected chi connectivity index (χ2v) is 5.62. The van der Waals surface area contributed by atoms with Gasteiger partial charge in [-0.25, -0.2) is 0 Å². The van der Waals surface area contributed by atoms with E-state index < -0.39 is 0 Å². The molecule has 2 amide bonds. The molecule has 0 aliphatic rings. The van der Waals surface area contributed by atoms with Crippen molar-refractivity contribution in [3.63, 3.8) is 0 Å². The van der Waals surface area contributed by atoms with Crippen LogP contribution < -0.4 is 16.4 Å². The van der Waals surface area contributed by atoms with Gasteiger partial charge in [0.25, 0.3) is 5.91 Å². The van der Waals surface area contributed by atoms with Crippen LogP contribution in [0.4, 0.5) is 0 Å². The zero-order chi connectivity index (χ0) is 15.1. The van der Waals surface area contributed by atoms with E-state index in [0.717, 1.165) is 4.47 Å². The molecule has 0 bridgehead atoms. The molecule has 2 unspecified atom stereocenters. The average molecular weight is 379 g/mol. The summed E-state index contributed by atoms with van der Waals surface area (Å²) in [6.45, 7) is 4.33. The van der Waals surface area contributed by atoms with E-state index in [-0.39, 0.29) is 36.2 Å². The van der Waals surface area contributed by atoms with Gasteiger partial charge >= 0.3 is 0 Å². The summed E-state index contributed by atoms with van der Waals surface area (Å²) in [7, 11) is 0. The molecule has 0 aliphatic carbocycles. The number of hydrogen-bond donors (Lipinski definition) is 3. The highest BCUT2D eigenvalue weighted by Gasteiger charge is 2.16. The summed E-state index contributed by atoms with van der Waals surface area (Å²) in [5, 5.41) is 5.48. The summed E-state index contributed by atoms with van der Waals surface area (Å²) in [4.78, 5) is 23.5. The second-order valence-electron chi connectivity index (χ2n) is 4.71. The lowest BCUT2D eigenvalue weighted by atomic mass is 10.0. The molecule has 118 valence electrons. The van der Waals surface area contributed by atoms with E-state index in [1.165, 1.54) is 0 Å². The minimum Gasteiger partial charge on any atom is -0.354 e. The van der Waals surface area contributed by atoms with E-state index in [2.05, 4.69) is 26.6 Å². The van der Waals surface area contributed by atoms with Crippen molar-refractivity contribution < 1.29 is 9.59 Å². The van der Waals surface area contributed by atoms with Crippen molar-refractivity contribution in [3.8, 4) is 0 Å². The number of rotatable bonds is 6. The van der Waals surface area contributed by atoms with Crippen LogP contribution in [0.15, 0.2) is 28.7 Å². The minimum absolute atomic E-state index is 0. The number of nitrogens with two attached hydrogens (primary N) is 1. The standard InChI is InChI=1S/C14H20BrN3O2.ClH/c1-9(10(2)16)13(19)17-6-7-18-14(20)11-4-3-5-12(15)8-11;/h3-5,8-10H,6-7,16H2,1-2H3,(H,17,19)(H,18,20);1H. The van der Waals surface area contributed by atoms with Crippen molar-refractivity contribution in [3.05, 3.63) is 34.3 Å². The third kappa shape index (κ3) is 6.93. The topological polar surface area (TPSA) is 84.2 Å². The smallest absolute Gasteiger partial charge is 0.251 e. The van der Waals surface area contributed by atoms with Crippen molar-refractivity contribution in [2.45, 2.75) is 19.9 Å². The van der Waals surface area contributed by atoms with E-state index in [1.807, 2.05) is 6.07 Å². The Hall–Kier alpha value is -1.11. The van der Waals surface area contributed by atoms with Crippen LogP contribution in [-0.4, -0.2) is 30.9 Å². The van der Waals surface area contributed by atoms with Crippen molar-refractivity contribution >= 4 is 40.2 Å². The first-order valence-electron chi connectivity index (χ1n) is 6.49. The molecule has 2 atom stereocenters. The SMILES string of the molecule is CC(N)C(C)C(=O)NCCNC(=O)c1cccc(Br)c1.Cl. The molecular formula is C14H21BrClN3O2. The monoisotopic (exact) mass is 377 g/mol. The fourth-order valence-electron chi connectivity index (χ4n) is 1.49. The van der Waals surface area contributed by atoms with E-state index in [1.54, 1.807) is 32.0 Å². The fraction of sp³-hybridized carbons (Fsp3) is 0.429. The molecule has 1 aromatic rings. The first kappa shape index (κ1) is 19.9. The average Bonchev–Trinajstić information content (AvgIpc) is 2.42. The molecule has 0 fully saturated rings. The molecule has 7 heteroatoms. The van der Waals surface area contributed by atoms with Crippen molar-refractivity contribution in [2.75, 3.05) is 13.1 Å². The van der Waals surface area contributed by atoms with Gasteiger partial charge in [-0.1, -0.05) is 28.9 Å². The Morgan fingerprint density at radius 3 is 2.43 bits per heavy atom. The molecule has 0 radical (unpaired) electrons. The number of benzene rings is 1. The summed E-state index contributed by atoms with van der Waals surface area (Å²) in [5.74, 6) is -0.506. The molecule has 0 saturated carbocycles. The van der Waals surface area contributed by atoms with Crippen LogP contribution in [0.2, 0.25) is 0 Å². The van der Waals surface area contributed by atoms with Gasteiger partial charge in [-0.05, 0) is 25.1 Å². The lowest BCUT2D eigenvalue weighted by Crippen LogP contribution is -2.41. The van der Waals surface area contributed by atoms with Crippen molar-refractivity contribution in [2.24, 2.45) is 11.7 Å². The summed E-state index contributed by atoms with van der Waals surface area (Å²) in [6, 6.07) is 6.94. The summed E-state index contributed by atoms with van der Waals surface area (Å²) in [6.07, 6.45) is 0. The van der Waals surface area contributed by atoms with E-state index in [4.69, 9.17) is 5.73 Å². The Kier molecular flexibility index (Phi) is 9.24. The van der Waals surface area contributed by atoms with Crippen LogP contribution in [0.1, 0.15) is 24.2 Å². The molecule has 0 spiro atoms. The lowest BCUT2D eigenvalue weighted by molar-refractivity contribution is -0.124. The highest BCUT2D eigenvalue weighted by Crippen LogP contribution is 2.11. The van der Waals surface area contributed by atoms with Gasteiger partial charge in [-0.15, -0.1) is 12.4 Å². The minimum atomic E-state index is -0.240. The Labute approximate surface area is 139 Å². The van der Waals surface area contributed by atoms with Crippen molar-refractivity contribution in [1.29, 1.82) is 0 Å². The zero-order valence-corrected chi connectivity index (χ0v) is 14.5. The largest absolute Gasteiger partial charge is 0.354 e. The van der Waals surface area contributed by atoms with Gasteiger partial charge in [0, 0.05) is 35.1 Å². The van der Waals surface area contributed by atoms with Crippen LogP contribution in [0, 0.1) is 5.92 Å². The van der Waals surface area contributed by atoms with Gasteiger partial charge in [-0.2, -0.15) is 0 Å². The number of hydrogen-bond acceptors (Lipinski definition) is 3. The maximum Gasteiger partial charge on any atom is 0.251 e. The van der Waals surface area contributed by atoms with Crippen LogP contribution in [0.3, 0.4) is 0 Å². The molecule has 0 saturated heterocycles. The highest BCUT2D eigenvalue weighted by molar-refractivity contribution is 9.10. The van der Waals surface area contributed by atoms with E-state index in [9.17, 15) is 9.59 Å². The summed E-state index contributed by atoms with van der Waals surface area (Å²) in [5.41, 5.74) is 6.22. The van der Waals surface area contributed by atoms with Crippen LogP contribution in [-0.2, 0) is 4.79 Å². The van der Waals surface area contributed by atoms with Crippen LogP contribution >= 0.6 is 28.3 Å². The molecule has 4 N–H and O–H groups in total. The quantitative estimate of drug-likeness (QED) is 0.659. The van der Waals surface area contributed by atoms with Gasteiger partial charge in [0.1, 0.15) is 0 Å². The molecule has 0 heterocycles. The molecular weight excluding hydrogens is 358 g/mol. The fourth-order valence-corrected chi connectivity index (χ4v) is 1.89. The highest BCUT2D eigenvalue weighted by atomic mass is 79.9. The van der Waals surface area contributed by atoms with Crippen LogP contribution in [0.25, 0.3) is 0 Å². The third-order valence-electron chi connectivity index (χ3n) is 3.00. The Balaban J connectivity index is 0.00000400. The van der Waals surface area contributed by atoms with E-state index >= 15 is 0 Å². The number of nitrogens with one attached hydrogen (secondary N) is 2. The maximum atomic E-state index is 11.8. The van der Waals surface area contributed by atoms with Gasteiger partial charge < -0.3 is 16.4 Å². The molecule has 0 aromatic heterocycles. The third-order valence-corrected chi connectivity index (χ3v) is 3.49. The predicted octanol–water partition coefficient (Wildman–Crippen LogP) is 1.70. The van der Waals surface area contributed by atoms with Crippen molar-refractivity contribution in [1.82, 2.24) is 10.6 Å². The maximum absolute atomic E-state index is 11.8. The first-order chi connectivity index (χ1) is 9.41. The Morgan fingerprint density at radius 1 is 1.24 bits per heavy atom. The normalized spacial score (nSPS) is 12.8. The molecule has 5 nitrogen and oxygen atoms in total. The van der Waals surface area contributed by atoms with Gasteiger partial charge in [0.2, 0.25) is 5.91 Å². The predicted molar refractivity (Wildman–Crippen MR) is 89.5 cm³/mol. The molecule has 1 aromatic carbocycles. The number of amides is 2. The lowest BCUT2D eigenvalue weighted by Gasteiger charge is -2.15. The number of carbonyl (C=O) groups excluding carboxylic acids is 2. The Bertz CT molecular complexity index is 483. The van der Waals surface area contributed by atoms with Gasteiger partial charge in [-0.3, -0.25) is 9.59 Å². The van der Waals surface area contributed by atoms with Gasteiger partial charge in [0.05, 0.1) is 0 Å². The second kappa shape index (κ2) is 9.76. The Morgan fingerprint density at radius 2 is 1.86 bits per heavy atom. The summed E-state index contributed by atoms with van der Waals surface area (Å²) < 4.78 is 0.851. The number of halogens is 2. The van der Waals surface area contributed by atoms with E-state index in [0.29, 0.717) is 18.7 Å².